The van der Waals surface area contributed by atoms with Crippen LogP contribution in [0.2, 0.25) is 0 Å². The monoisotopic (exact) mass is 499 g/mol. The van der Waals surface area contributed by atoms with E-state index in [-0.39, 0.29) is 36.2 Å². The number of esters is 1. The Kier molecular flexibility index (Phi) is 8.62. The number of nitrogens with one attached hydrogen (secondary N) is 1. The number of hydrogen-bond donors (Lipinski definition) is 1. The molecule has 4 heteroatoms. The third kappa shape index (κ3) is 5.44. The Morgan fingerprint density at radius 3 is 2.53 bits per heavy atom. The average Bonchev–Trinajstić information content (AvgIpc) is 3.19. The number of carbonyl (C=O) groups is 2. The van der Waals surface area contributed by atoms with Gasteiger partial charge in [-0.2, -0.15) is 0 Å². The van der Waals surface area contributed by atoms with Crippen molar-refractivity contribution < 1.29 is 14.3 Å². The summed E-state index contributed by atoms with van der Waals surface area (Å²) in [5.41, 5.74) is 2.35. The van der Waals surface area contributed by atoms with Gasteiger partial charge >= 0.3 is 5.97 Å². The molecule has 36 heavy (non-hydrogen) atoms. The average molecular weight is 500 g/mol. The maximum Gasteiger partial charge on any atom is 0.306 e. The Bertz CT molecular complexity index is 833. The maximum absolute atomic E-state index is 12.3. The van der Waals surface area contributed by atoms with E-state index < -0.39 is 0 Å². The minimum Gasteiger partial charge on any atom is -0.462 e. The smallest absolute Gasteiger partial charge is 0.306 e. The van der Waals surface area contributed by atoms with Crippen LogP contribution >= 0.6 is 0 Å². The molecule has 1 amide bonds. The summed E-state index contributed by atoms with van der Waals surface area (Å²) in [6.45, 7) is 12.5. The van der Waals surface area contributed by atoms with Crippen LogP contribution in [0.25, 0.3) is 0 Å². The van der Waals surface area contributed by atoms with Gasteiger partial charge < -0.3 is 10.1 Å². The van der Waals surface area contributed by atoms with E-state index in [2.05, 4.69) is 46.0 Å². The highest BCUT2D eigenvalue weighted by atomic mass is 16.5. The number of allylic oxidation sites excluding steroid dienone is 1. The first-order chi connectivity index (χ1) is 17.1. The van der Waals surface area contributed by atoms with Crippen LogP contribution in [0.3, 0.4) is 0 Å². The molecule has 3 saturated carbocycles. The summed E-state index contributed by atoms with van der Waals surface area (Å²) in [7, 11) is 1.60. The minimum atomic E-state index is -0.227. The lowest BCUT2D eigenvalue weighted by Gasteiger charge is -2.58. The summed E-state index contributed by atoms with van der Waals surface area (Å²) in [5.74, 6) is 4.75. The zero-order chi connectivity index (χ0) is 26.1. The molecule has 0 aromatic carbocycles. The number of amides is 1. The van der Waals surface area contributed by atoms with Crippen molar-refractivity contribution in [1.29, 1.82) is 0 Å². The maximum atomic E-state index is 12.3. The molecule has 8 atom stereocenters. The van der Waals surface area contributed by atoms with Crippen molar-refractivity contribution in [2.75, 3.05) is 7.05 Å². The Morgan fingerprint density at radius 2 is 1.81 bits per heavy atom. The summed E-state index contributed by atoms with van der Waals surface area (Å²) < 4.78 is 5.83. The van der Waals surface area contributed by atoms with Crippen LogP contribution in [0.4, 0.5) is 0 Å². The van der Waals surface area contributed by atoms with Crippen molar-refractivity contribution in [3.63, 3.8) is 0 Å². The van der Waals surface area contributed by atoms with Gasteiger partial charge in [-0.05, 0) is 91.3 Å². The predicted octanol–water partition coefficient (Wildman–Crippen LogP) is 7.47. The van der Waals surface area contributed by atoms with Gasteiger partial charge in [0.1, 0.15) is 6.10 Å². The molecule has 4 aliphatic rings. The highest BCUT2D eigenvalue weighted by molar-refractivity contribution is 5.81. The van der Waals surface area contributed by atoms with E-state index in [9.17, 15) is 9.59 Å². The van der Waals surface area contributed by atoms with Gasteiger partial charge in [-0.3, -0.25) is 9.59 Å². The summed E-state index contributed by atoms with van der Waals surface area (Å²) >= 11 is 0. The van der Waals surface area contributed by atoms with Crippen molar-refractivity contribution in [1.82, 2.24) is 5.32 Å². The molecular weight excluding hydrogens is 446 g/mol. The van der Waals surface area contributed by atoms with E-state index in [0.29, 0.717) is 5.41 Å². The van der Waals surface area contributed by atoms with Gasteiger partial charge in [0.05, 0.1) is 6.42 Å². The molecule has 1 N–H and O–H groups in total. The normalized spacial score (nSPS) is 38.4. The first-order valence-corrected chi connectivity index (χ1v) is 15.2. The fraction of sp³-hybridized carbons (Fsp3) is 0.875. The Hall–Kier alpha value is -1.32. The lowest BCUT2D eigenvalue weighted by atomic mass is 9.47. The molecule has 0 radical (unpaired) electrons. The van der Waals surface area contributed by atoms with E-state index in [0.717, 1.165) is 54.8 Å². The van der Waals surface area contributed by atoms with E-state index >= 15 is 0 Å². The highest BCUT2D eigenvalue weighted by Crippen LogP contribution is 2.67. The second-order valence-corrected chi connectivity index (χ2v) is 13.8. The summed E-state index contributed by atoms with van der Waals surface area (Å²) in [4.78, 5) is 23.8. The van der Waals surface area contributed by atoms with Crippen molar-refractivity contribution >= 4 is 11.9 Å². The Labute approximate surface area is 220 Å². The third-order valence-corrected chi connectivity index (χ3v) is 11.4. The van der Waals surface area contributed by atoms with Crippen LogP contribution in [-0.2, 0) is 14.3 Å². The Morgan fingerprint density at radius 1 is 1.03 bits per heavy atom. The van der Waals surface area contributed by atoms with Crippen molar-refractivity contribution in [3.8, 4) is 0 Å². The molecule has 204 valence electrons. The van der Waals surface area contributed by atoms with Gasteiger partial charge in [-0.15, -0.1) is 0 Å². The van der Waals surface area contributed by atoms with Crippen LogP contribution in [0, 0.1) is 46.3 Å². The molecule has 4 nitrogen and oxygen atoms in total. The summed E-state index contributed by atoms with van der Waals surface area (Å²) in [5, 5.41) is 2.58. The Balaban J connectivity index is 1.38. The second-order valence-electron chi connectivity index (χ2n) is 13.8. The van der Waals surface area contributed by atoms with Gasteiger partial charge in [0.15, 0.2) is 0 Å². The van der Waals surface area contributed by atoms with Crippen molar-refractivity contribution in [2.24, 2.45) is 46.3 Å². The van der Waals surface area contributed by atoms with Crippen LogP contribution in [0.15, 0.2) is 11.6 Å². The van der Waals surface area contributed by atoms with Crippen LogP contribution in [0.1, 0.15) is 118 Å². The van der Waals surface area contributed by atoms with Crippen LogP contribution in [-0.4, -0.2) is 25.0 Å². The quantitative estimate of drug-likeness (QED) is 0.264. The van der Waals surface area contributed by atoms with Gasteiger partial charge in [0.2, 0.25) is 5.91 Å². The molecule has 4 rings (SSSR count). The van der Waals surface area contributed by atoms with E-state index in [1.165, 1.54) is 51.4 Å². The van der Waals surface area contributed by atoms with E-state index in [1.54, 1.807) is 12.6 Å². The molecule has 0 bridgehead atoms. The summed E-state index contributed by atoms with van der Waals surface area (Å²) in [6.07, 6.45) is 17.0. The molecule has 3 fully saturated rings. The number of carbonyl (C=O) groups excluding carboxylic acids is 2. The van der Waals surface area contributed by atoms with Gasteiger partial charge in [0.25, 0.3) is 0 Å². The molecule has 8 unspecified atom stereocenters. The van der Waals surface area contributed by atoms with E-state index in [1.807, 2.05) is 0 Å². The van der Waals surface area contributed by atoms with Gasteiger partial charge in [-0.1, -0.05) is 65.5 Å². The zero-order valence-corrected chi connectivity index (χ0v) is 24.0. The molecule has 0 spiro atoms. The molecular formula is C32H53NO3. The second kappa shape index (κ2) is 11.2. The molecule has 0 heterocycles. The zero-order valence-electron chi connectivity index (χ0n) is 24.0. The lowest BCUT2D eigenvalue weighted by molar-refractivity contribution is -0.152. The molecule has 0 aromatic rings. The number of ether oxygens (including phenoxy) is 1. The molecule has 0 saturated heterocycles. The molecule has 0 aromatic heterocycles. The van der Waals surface area contributed by atoms with Gasteiger partial charge in [-0.25, -0.2) is 0 Å². The molecule has 4 aliphatic carbocycles. The van der Waals surface area contributed by atoms with Crippen molar-refractivity contribution in [3.05, 3.63) is 11.6 Å². The topological polar surface area (TPSA) is 55.4 Å². The minimum absolute atomic E-state index is 0.0190. The van der Waals surface area contributed by atoms with Crippen LogP contribution in [0.5, 0.6) is 0 Å². The van der Waals surface area contributed by atoms with E-state index in [4.69, 9.17) is 4.74 Å². The first kappa shape index (κ1) is 27.7. The first-order valence-electron chi connectivity index (χ1n) is 15.2. The third-order valence-electron chi connectivity index (χ3n) is 11.4. The fourth-order valence-electron chi connectivity index (χ4n) is 9.34. The number of fused-ring (bicyclic) bond motifs is 5. The largest absolute Gasteiger partial charge is 0.462 e. The molecule has 0 aliphatic heterocycles. The SMILES string of the molecule is CNC(=O)CCC(=O)OC1CCC2(C)C(=CCC3C2CCC2(C)C(C(C)CCCC(C)C)CCC32)C1. The fourth-order valence-corrected chi connectivity index (χ4v) is 9.34. The number of hydrogen-bond acceptors (Lipinski definition) is 3. The highest BCUT2D eigenvalue weighted by Gasteiger charge is 2.59. The summed E-state index contributed by atoms with van der Waals surface area (Å²) in [6, 6.07) is 0. The standard InChI is InChI=1S/C32H53NO3/c1-21(2)8-7-9-22(3)26-12-13-27-25-11-10-23-20-24(36-30(35)15-14-29(34)33-6)16-18-31(23,4)28(25)17-19-32(26,27)5/h10,21-22,24-28H,7-9,11-20H2,1-6H3,(H,33,34). The number of rotatable bonds is 9. The predicted molar refractivity (Wildman–Crippen MR) is 146 cm³/mol. The van der Waals surface area contributed by atoms with Crippen molar-refractivity contribution in [2.45, 2.75) is 124 Å². The lowest BCUT2D eigenvalue weighted by Crippen LogP contribution is -2.51. The van der Waals surface area contributed by atoms with Crippen LogP contribution < -0.4 is 5.32 Å². The van der Waals surface area contributed by atoms with Gasteiger partial charge in [0, 0.05) is 19.9 Å².